The van der Waals surface area contributed by atoms with Crippen LogP contribution in [0, 0.1) is 5.92 Å². The lowest BCUT2D eigenvalue weighted by Crippen LogP contribution is -2.41. The molecule has 0 saturated carbocycles. The first kappa shape index (κ1) is 19.4. The van der Waals surface area contributed by atoms with Crippen molar-refractivity contribution in [3.05, 3.63) is 66.0 Å². The van der Waals surface area contributed by atoms with E-state index in [0.717, 1.165) is 44.1 Å². The fourth-order valence-corrected chi connectivity index (χ4v) is 3.53. The number of pyridine rings is 1. The molecule has 0 bridgehead atoms. The van der Waals surface area contributed by atoms with Gasteiger partial charge in [0.1, 0.15) is 0 Å². The molecule has 1 fully saturated rings. The van der Waals surface area contributed by atoms with E-state index in [0.29, 0.717) is 5.92 Å². The molecule has 1 unspecified atom stereocenters. The van der Waals surface area contributed by atoms with Gasteiger partial charge >= 0.3 is 0 Å². The van der Waals surface area contributed by atoms with Crippen LogP contribution in [-0.4, -0.2) is 55.6 Å². The number of hydrogen-bond donors (Lipinski definition) is 2. The number of guanidine groups is 1. The van der Waals surface area contributed by atoms with E-state index < -0.39 is 0 Å². The largest absolute Gasteiger partial charge is 0.356 e. The predicted molar refractivity (Wildman–Crippen MR) is 112 cm³/mol. The molecule has 1 atom stereocenters. The van der Waals surface area contributed by atoms with E-state index in [-0.39, 0.29) is 0 Å². The van der Waals surface area contributed by atoms with Gasteiger partial charge in [-0.3, -0.25) is 9.98 Å². The molecule has 0 spiro atoms. The summed E-state index contributed by atoms with van der Waals surface area (Å²) in [6, 6.07) is 16.8. The van der Waals surface area contributed by atoms with E-state index in [9.17, 15) is 0 Å². The van der Waals surface area contributed by atoms with Crippen molar-refractivity contribution < 1.29 is 0 Å². The number of likely N-dealkylation sites (tertiary alicyclic amines) is 1. The number of benzene rings is 1. The van der Waals surface area contributed by atoms with Crippen molar-refractivity contribution in [2.75, 3.05) is 39.8 Å². The number of rotatable bonds is 8. The summed E-state index contributed by atoms with van der Waals surface area (Å²) >= 11 is 0. The second-order valence-electron chi connectivity index (χ2n) is 7.14. The SMILES string of the molecule is CN=C(NCCc1ccccn1)NCC1CCN(CCc2ccccc2)C1. The molecule has 2 heterocycles. The summed E-state index contributed by atoms with van der Waals surface area (Å²) in [4.78, 5) is 11.3. The highest BCUT2D eigenvalue weighted by Gasteiger charge is 2.22. The Kier molecular flexibility index (Phi) is 7.66. The van der Waals surface area contributed by atoms with Gasteiger partial charge in [0.2, 0.25) is 0 Å². The Morgan fingerprint density at radius 1 is 1.11 bits per heavy atom. The van der Waals surface area contributed by atoms with Crippen LogP contribution < -0.4 is 10.6 Å². The van der Waals surface area contributed by atoms with E-state index >= 15 is 0 Å². The highest BCUT2D eigenvalue weighted by atomic mass is 15.2. The van der Waals surface area contributed by atoms with Crippen LogP contribution >= 0.6 is 0 Å². The van der Waals surface area contributed by atoms with Crippen molar-refractivity contribution in [3.8, 4) is 0 Å². The standard InChI is InChI=1S/C22H31N5/c1-23-22(25-14-10-21-9-5-6-13-24-21)26-17-20-12-16-27(18-20)15-11-19-7-3-2-4-8-19/h2-9,13,20H,10-12,14-18H2,1H3,(H2,23,25,26). The van der Waals surface area contributed by atoms with E-state index in [1.54, 1.807) is 0 Å². The van der Waals surface area contributed by atoms with E-state index in [1.165, 1.54) is 25.1 Å². The zero-order valence-corrected chi connectivity index (χ0v) is 16.3. The Hall–Kier alpha value is -2.40. The number of hydrogen-bond acceptors (Lipinski definition) is 3. The normalized spacial score (nSPS) is 17.8. The van der Waals surface area contributed by atoms with Gasteiger partial charge in [0.05, 0.1) is 0 Å². The highest BCUT2D eigenvalue weighted by molar-refractivity contribution is 5.79. The quantitative estimate of drug-likeness (QED) is 0.557. The molecular formula is C22H31N5. The third-order valence-electron chi connectivity index (χ3n) is 5.11. The van der Waals surface area contributed by atoms with Gasteiger partial charge in [-0.15, -0.1) is 0 Å². The maximum atomic E-state index is 4.35. The van der Waals surface area contributed by atoms with E-state index in [4.69, 9.17) is 0 Å². The molecule has 0 radical (unpaired) electrons. The molecule has 1 aromatic carbocycles. The van der Waals surface area contributed by atoms with Crippen molar-refractivity contribution in [2.45, 2.75) is 19.3 Å². The topological polar surface area (TPSA) is 52.6 Å². The second-order valence-corrected chi connectivity index (χ2v) is 7.14. The molecule has 1 aromatic heterocycles. The van der Waals surface area contributed by atoms with Gasteiger partial charge in [-0.05, 0) is 43.0 Å². The maximum Gasteiger partial charge on any atom is 0.190 e. The fraction of sp³-hybridized carbons (Fsp3) is 0.455. The van der Waals surface area contributed by atoms with Crippen LogP contribution in [0.4, 0.5) is 0 Å². The van der Waals surface area contributed by atoms with Crippen molar-refractivity contribution in [1.29, 1.82) is 0 Å². The Morgan fingerprint density at radius 2 is 1.96 bits per heavy atom. The molecule has 5 heteroatoms. The predicted octanol–water partition coefficient (Wildman–Crippen LogP) is 2.35. The fourth-order valence-electron chi connectivity index (χ4n) is 3.53. The summed E-state index contributed by atoms with van der Waals surface area (Å²) in [5.74, 6) is 1.57. The van der Waals surface area contributed by atoms with Crippen LogP contribution in [0.2, 0.25) is 0 Å². The van der Waals surface area contributed by atoms with Gasteiger partial charge in [-0.2, -0.15) is 0 Å². The van der Waals surface area contributed by atoms with Gasteiger partial charge in [-0.25, -0.2) is 0 Å². The maximum absolute atomic E-state index is 4.35. The molecule has 144 valence electrons. The summed E-state index contributed by atoms with van der Waals surface area (Å²) in [5.41, 5.74) is 2.53. The first-order valence-corrected chi connectivity index (χ1v) is 9.94. The third kappa shape index (κ3) is 6.68. The monoisotopic (exact) mass is 365 g/mol. The molecular weight excluding hydrogens is 334 g/mol. The highest BCUT2D eigenvalue weighted by Crippen LogP contribution is 2.15. The molecule has 1 saturated heterocycles. The number of nitrogens with one attached hydrogen (secondary N) is 2. The van der Waals surface area contributed by atoms with Crippen molar-refractivity contribution in [2.24, 2.45) is 10.9 Å². The summed E-state index contributed by atoms with van der Waals surface area (Å²) in [6.45, 7) is 5.34. The lowest BCUT2D eigenvalue weighted by molar-refractivity contribution is 0.328. The summed E-state index contributed by atoms with van der Waals surface area (Å²) in [5, 5.41) is 6.87. The van der Waals surface area contributed by atoms with Crippen molar-refractivity contribution in [3.63, 3.8) is 0 Å². The zero-order chi connectivity index (χ0) is 18.7. The van der Waals surface area contributed by atoms with Crippen molar-refractivity contribution >= 4 is 5.96 Å². The Balaban J connectivity index is 1.32. The van der Waals surface area contributed by atoms with Gasteiger partial charge in [0.25, 0.3) is 0 Å². The molecule has 1 aliphatic heterocycles. The smallest absolute Gasteiger partial charge is 0.190 e. The average molecular weight is 366 g/mol. The lowest BCUT2D eigenvalue weighted by Gasteiger charge is -2.17. The Labute approximate surface area is 162 Å². The molecule has 3 rings (SSSR count). The van der Waals surface area contributed by atoms with Crippen LogP contribution in [0.1, 0.15) is 17.7 Å². The molecule has 5 nitrogen and oxygen atoms in total. The minimum Gasteiger partial charge on any atom is -0.356 e. The van der Waals surface area contributed by atoms with Gasteiger partial charge < -0.3 is 15.5 Å². The van der Waals surface area contributed by atoms with Crippen LogP contribution in [0.15, 0.2) is 59.7 Å². The van der Waals surface area contributed by atoms with Crippen LogP contribution in [0.25, 0.3) is 0 Å². The first-order chi connectivity index (χ1) is 13.3. The van der Waals surface area contributed by atoms with E-state index in [1.807, 2.05) is 25.4 Å². The zero-order valence-electron chi connectivity index (χ0n) is 16.3. The number of aromatic nitrogens is 1. The van der Waals surface area contributed by atoms with Gasteiger partial charge in [0.15, 0.2) is 5.96 Å². The minimum atomic E-state index is 0.690. The van der Waals surface area contributed by atoms with Crippen molar-refractivity contribution in [1.82, 2.24) is 20.5 Å². The minimum absolute atomic E-state index is 0.690. The van der Waals surface area contributed by atoms with E-state index in [2.05, 4.69) is 61.9 Å². The van der Waals surface area contributed by atoms with Crippen LogP contribution in [-0.2, 0) is 12.8 Å². The molecule has 27 heavy (non-hydrogen) atoms. The molecule has 0 aliphatic carbocycles. The molecule has 2 aromatic rings. The van der Waals surface area contributed by atoms with Gasteiger partial charge in [-0.1, -0.05) is 36.4 Å². The summed E-state index contributed by atoms with van der Waals surface area (Å²) in [6.07, 6.45) is 5.13. The first-order valence-electron chi connectivity index (χ1n) is 9.94. The number of aliphatic imine (C=N–C) groups is 1. The third-order valence-corrected chi connectivity index (χ3v) is 5.11. The van der Waals surface area contributed by atoms with Gasteiger partial charge in [0, 0.05) is 51.5 Å². The van der Waals surface area contributed by atoms with Crippen LogP contribution in [0.3, 0.4) is 0 Å². The van der Waals surface area contributed by atoms with Crippen LogP contribution in [0.5, 0.6) is 0 Å². The lowest BCUT2D eigenvalue weighted by atomic mass is 10.1. The molecule has 2 N–H and O–H groups in total. The Morgan fingerprint density at radius 3 is 2.74 bits per heavy atom. The summed E-state index contributed by atoms with van der Waals surface area (Å²) in [7, 11) is 1.83. The average Bonchev–Trinajstić information content (AvgIpc) is 3.18. The summed E-state index contributed by atoms with van der Waals surface area (Å²) < 4.78 is 0. The molecule has 1 aliphatic rings. The molecule has 0 amide bonds. The Bertz CT molecular complexity index is 686. The number of nitrogens with zero attached hydrogens (tertiary/aromatic N) is 3. The second kappa shape index (κ2) is 10.7.